The van der Waals surface area contributed by atoms with Crippen LogP contribution in [-0.4, -0.2) is 18.1 Å². The van der Waals surface area contributed by atoms with Gasteiger partial charge >= 0.3 is 0 Å². The predicted octanol–water partition coefficient (Wildman–Crippen LogP) is 6.11. The van der Waals surface area contributed by atoms with Crippen LogP contribution >= 0.6 is 0 Å². The summed E-state index contributed by atoms with van der Waals surface area (Å²) in [4.78, 5) is -0.209. The van der Waals surface area contributed by atoms with E-state index in [-0.39, 0.29) is 16.4 Å². The number of unbranched alkanes of at least 4 members (excludes halogenated alkanes) is 7. The minimum atomic E-state index is -4.41. The lowest BCUT2D eigenvalue weighted by molar-refractivity contribution is 0.408. The molecule has 0 aliphatic carbocycles. The molecule has 0 saturated heterocycles. The smallest absolute Gasteiger partial charge is 0.294 e. The van der Waals surface area contributed by atoms with E-state index in [2.05, 4.69) is 6.92 Å². The molecular weight excluding hydrogens is 376 g/mol. The van der Waals surface area contributed by atoms with Crippen molar-refractivity contribution in [2.45, 2.75) is 69.6 Å². The number of aromatic hydroxyl groups is 1. The van der Waals surface area contributed by atoms with Crippen LogP contribution in [0.25, 0.3) is 0 Å². The van der Waals surface area contributed by atoms with Gasteiger partial charge in [-0.3, -0.25) is 4.55 Å². The molecule has 154 valence electrons. The van der Waals surface area contributed by atoms with Crippen LogP contribution in [0.15, 0.2) is 47.4 Å². The summed E-state index contributed by atoms with van der Waals surface area (Å²) in [5.41, 5.74) is 0.409. The van der Waals surface area contributed by atoms with Crippen LogP contribution in [0.2, 0.25) is 0 Å². The van der Waals surface area contributed by atoms with E-state index in [9.17, 15) is 18.1 Å². The van der Waals surface area contributed by atoms with Crippen molar-refractivity contribution >= 4 is 10.1 Å². The lowest BCUT2D eigenvalue weighted by Gasteiger charge is -2.13. The van der Waals surface area contributed by atoms with Crippen molar-refractivity contribution in [3.05, 3.63) is 48.0 Å². The van der Waals surface area contributed by atoms with E-state index in [0.29, 0.717) is 17.7 Å². The van der Waals surface area contributed by atoms with E-state index >= 15 is 0 Å². The molecule has 2 aromatic carbocycles. The molecule has 0 spiro atoms. The SMILES string of the molecule is CCCCCCCCCCc1cc(O)c(Oc2ccccc2)cc1S(=O)(=O)O. The monoisotopic (exact) mass is 406 g/mol. The molecule has 0 aliphatic rings. The van der Waals surface area contributed by atoms with E-state index < -0.39 is 10.1 Å². The molecule has 0 saturated carbocycles. The first-order chi connectivity index (χ1) is 13.4. The fourth-order valence-electron chi connectivity index (χ4n) is 3.18. The zero-order valence-electron chi connectivity index (χ0n) is 16.4. The van der Waals surface area contributed by atoms with Gasteiger partial charge in [0.2, 0.25) is 0 Å². The second-order valence-electron chi connectivity index (χ2n) is 7.04. The molecule has 0 heterocycles. The lowest BCUT2D eigenvalue weighted by Crippen LogP contribution is -2.04. The number of rotatable bonds is 12. The Morgan fingerprint density at radius 3 is 2.11 bits per heavy atom. The number of phenolic OH excluding ortho intramolecular Hbond substituents is 1. The second kappa shape index (κ2) is 11.1. The normalized spacial score (nSPS) is 11.5. The topological polar surface area (TPSA) is 83.8 Å². The largest absolute Gasteiger partial charge is 0.504 e. The van der Waals surface area contributed by atoms with Crippen LogP contribution in [0.4, 0.5) is 0 Å². The van der Waals surface area contributed by atoms with E-state index in [0.717, 1.165) is 19.3 Å². The van der Waals surface area contributed by atoms with Crippen LogP contribution in [-0.2, 0) is 16.5 Å². The van der Waals surface area contributed by atoms with Crippen LogP contribution in [0.3, 0.4) is 0 Å². The van der Waals surface area contributed by atoms with E-state index in [1.165, 1.54) is 44.2 Å². The number of para-hydroxylation sites is 1. The molecule has 0 aliphatic heterocycles. The van der Waals surface area contributed by atoms with E-state index in [1.54, 1.807) is 24.3 Å². The number of hydrogen-bond donors (Lipinski definition) is 2. The quantitative estimate of drug-likeness (QED) is 0.328. The van der Waals surface area contributed by atoms with Gasteiger partial charge in [-0.05, 0) is 36.6 Å². The first-order valence-electron chi connectivity index (χ1n) is 9.98. The molecule has 6 heteroatoms. The van der Waals surface area contributed by atoms with Gasteiger partial charge in [0.05, 0.1) is 0 Å². The van der Waals surface area contributed by atoms with Gasteiger partial charge in [0.15, 0.2) is 11.5 Å². The van der Waals surface area contributed by atoms with Gasteiger partial charge in [-0.15, -0.1) is 0 Å². The summed E-state index contributed by atoms with van der Waals surface area (Å²) >= 11 is 0. The van der Waals surface area contributed by atoms with Crippen molar-refractivity contribution in [3.63, 3.8) is 0 Å². The summed E-state index contributed by atoms with van der Waals surface area (Å²) in [6.07, 6.45) is 9.54. The Bertz CT molecular complexity index is 832. The zero-order valence-corrected chi connectivity index (χ0v) is 17.2. The third kappa shape index (κ3) is 7.17. The van der Waals surface area contributed by atoms with Gasteiger partial charge in [0, 0.05) is 6.07 Å². The first kappa shape index (κ1) is 22.2. The maximum absolute atomic E-state index is 11.8. The maximum atomic E-state index is 11.8. The van der Waals surface area contributed by atoms with E-state index in [1.807, 2.05) is 6.07 Å². The molecule has 0 unspecified atom stereocenters. The molecule has 28 heavy (non-hydrogen) atoms. The fraction of sp³-hybridized carbons (Fsp3) is 0.455. The highest BCUT2D eigenvalue weighted by Gasteiger charge is 2.20. The minimum absolute atomic E-state index is 0.00139. The summed E-state index contributed by atoms with van der Waals surface area (Å²) < 4.78 is 38.8. The fourth-order valence-corrected chi connectivity index (χ4v) is 3.92. The van der Waals surface area contributed by atoms with Gasteiger partial charge in [-0.25, -0.2) is 0 Å². The van der Waals surface area contributed by atoms with Crippen molar-refractivity contribution in [2.75, 3.05) is 0 Å². The molecule has 0 atom stereocenters. The van der Waals surface area contributed by atoms with Crippen molar-refractivity contribution in [2.24, 2.45) is 0 Å². The van der Waals surface area contributed by atoms with Crippen LogP contribution in [0.1, 0.15) is 63.9 Å². The molecule has 2 rings (SSSR count). The van der Waals surface area contributed by atoms with Gasteiger partial charge in [-0.1, -0.05) is 70.1 Å². The molecule has 0 amide bonds. The van der Waals surface area contributed by atoms with Gasteiger partial charge in [0.25, 0.3) is 10.1 Å². The van der Waals surface area contributed by atoms with Crippen molar-refractivity contribution in [3.8, 4) is 17.2 Å². The van der Waals surface area contributed by atoms with E-state index in [4.69, 9.17) is 4.74 Å². The highest BCUT2D eigenvalue weighted by Crippen LogP contribution is 2.35. The minimum Gasteiger partial charge on any atom is -0.504 e. The lowest BCUT2D eigenvalue weighted by atomic mass is 10.0. The maximum Gasteiger partial charge on any atom is 0.294 e. The highest BCUT2D eigenvalue weighted by molar-refractivity contribution is 7.85. The Morgan fingerprint density at radius 2 is 1.50 bits per heavy atom. The molecule has 0 bridgehead atoms. The van der Waals surface area contributed by atoms with Crippen LogP contribution in [0.5, 0.6) is 17.2 Å². The Kier molecular flexibility index (Phi) is 8.80. The number of ether oxygens (including phenoxy) is 1. The Morgan fingerprint density at radius 1 is 0.893 bits per heavy atom. The van der Waals surface area contributed by atoms with Gasteiger partial charge < -0.3 is 9.84 Å². The summed E-state index contributed by atoms with van der Waals surface area (Å²) in [7, 11) is -4.41. The van der Waals surface area contributed by atoms with Crippen molar-refractivity contribution < 1.29 is 22.8 Å². The number of aryl methyl sites for hydroxylation is 1. The molecule has 2 aromatic rings. The van der Waals surface area contributed by atoms with Crippen LogP contribution in [0, 0.1) is 0 Å². The summed E-state index contributed by atoms with van der Waals surface area (Å²) in [5.74, 6) is 0.319. The molecule has 0 aromatic heterocycles. The van der Waals surface area contributed by atoms with Crippen molar-refractivity contribution in [1.29, 1.82) is 0 Å². The Labute approximate surface area is 168 Å². The van der Waals surface area contributed by atoms with Gasteiger partial charge in [0.1, 0.15) is 10.6 Å². The number of phenols is 1. The standard InChI is InChI=1S/C22H30O5S/c1-2-3-4-5-6-7-8-10-13-18-16-20(23)21(17-22(18)28(24,25)26)27-19-14-11-9-12-15-19/h9,11-12,14-17,23H,2-8,10,13H2,1H3,(H,24,25,26). The summed E-state index contributed by atoms with van der Waals surface area (Å²) in [5, 5.41) is 10.3. The Hall–Kier alpha value is -2.05. The predicted molar refractivity (Wildman–Crippen MR) is 111 cm³/mol. The highest BCUT2D eigenvalue weighted by atomic mass is 32.2. The molecule has 2 N–H and O–H groups in total. The number of benzene rings is 2. The average molecular weight is 407 g/mol. The van der Waals surface area contributed by atoms with Crippen LogP contribution < -0.4 is 4.74 Å². The van der Waals surface area contributed by atoms with Gasteiger partial charge in [-0.2, -0.15) is 8.42 Å². The number of hydrogen-bond acceptors (Lipinski definition) is 4. The second-order valence-corrected chi connectivity index (χ2v) is 8.43. The molecule has 0 radical (unpaired) electrons. The Balaban J connectivity index is 2.02. The third-order valence-electron chi connectivity index (χ3n) is 4.69. The first-order valence-corrected chi connectivity index (χ1v) is 11.4. The summed E-state index contributed by atoms with van der Waals surface area (Å²) in [6.45, 7) is 2.19. The molecule has 0 fully saturated rings. The zero-order chi connectivity index (χ0) is 20.4. The molecular formula is C22H30O5S. The average Bonchev–Trinajstić information content (AvgIpc) is 2.65. The van der Waals surface area contributed by atoms with Crippen molar-refractivity contribution in [1.82, 2.24) is 0 Å². The summed E-state index contributed by atoms with van der Waals surface area (Å²) in [6, 6.07) is 11.3. The third-order valence-corrected chi connectivity index (χ3v) is 5.63. The molecule has 5 nitrogen and oxygen atoms in total.